The van der Waals surface area contributed by atoms with Crippen LogP contribution in [0.5, 0.6) is 11.5 Å². The van der Waals surface area contributed by atoms with E-state index in [4.69, 9.17) is 18.9 Å². The summed E-state index contributed by atoms with van der Waals surface area (Å²) < 4.78 is 22.1. The number of fused-ring (bicyclic) bond motifs is 6. The number of hydrogen-bond acceptors (Lipinski definition) is 6. The molecule has 0 saturated carbocycles. The van der Waals surface area contributed by atoms with Gasteiger partial charge in [-0.05, 0) is 105 Å². The van der Waals surface area contributed by atoms with Crippen molar-refractivity contribution in [3.05, 3.63) is 181 Å². The first-order chi connectivity index (χ1) is 25.9. The van der Waals surface area contributed by atoms with E-state index in [2.05, 4.69) is 110 Å². The summed E-state index contributed by atoms with van der Waals surface area (Å²) >= 11 is 0. The lowest BCUT2D eigenvalue weighted by molar-refractivity contribution is -0.139. The van der Waals surface area contributed by atoms with Crippen molar-refractivity contribution in [2.75, 3.05) is 26.4 Å². The number of allylic oxidation sites excluding steroid dienone is 2. The molecule has 266 valence electrons. The second kappa shape index (κ2) is 16.7. The normalized spacial score (nSPS) is 12.3. The van der Waals surface area contributed by atoms with E-state index in [0.29, 0.717) is 11.5 Å². The maximum Gasteiger partial charge on any atom is 0.330 e. The minimum Gasteiger partial charge on any atom is -0.490 e. The van der Waals surface area contributed by atoms with Gasteiger partial charge >= 0.3 is 11.9 Å². The van der Waals surface area contributed by atoms with Crippen molar-refractivity contribution in [2.24, 2.45) is 0 Å². The zero-order chi connectivity index (χ0) is 37.2. The van der Waals surface area contributed by atoms with Crippen LogP contribution in [-0.4, -0.2) is 38.4 Å². The fourth-order valence-corrected chi connectivity index (χ4v) is 6.90. The number of hydrogen-bond donors (Lipinski definition) is 0. The highest BCUT2D eigenvalue weighted by Gasteiger charge is 2.47. The maximum absolute atomic E-state index is 11.5. The Morgan fingerprint density at radius 2 is 1.06 bits per heavy atom. The van der Waals surface area contributed by atoms with Gasteiger partial charge in [0.25, 0.3) is 0 Å². The van der Waals surface area contributed by atoms with Gasteiger partial charge in [-0.3, -0.25) is 0 Å². The van der Waals surface area contributed by atoms with E-state index in [0.717, 1.165) is 34.1 Å². The SMILES string of the molecule is C/C=C\C.C=CC(=O)OCCOc1ccc(C2(c3ccc(OCCOC(=O)C=C)cc3)c3cc4ccccc4cc3-c3ccc4ccccc4c32)cc1. The van der Waals surface area contributed by atoms with Gasteiger partial charge < -0.3 is 18.9 Å². The second-order valence-electron chi connectivity index (χ2n) is 12.4. The molecule has 6 aromatic rings. The van der Waals surface area contributed by atoms with Crippen LogP contribution in [0.25, 0.3) is 32.7 Å². The van der Waals surface area contributed by atoms with Crippen molar-refractivity contribution in [2.45, 2.75) is 19.3 Å². The first-order valence-corrected chi connectivity index (χ1v) is 17.6. The van der Waals surface area contributed by atoms with E-state index in [1.54, 1.807) is 0 Å². The average molecular weight is 703 g/mol. The second-order valence-corrected chi connectivity index (χ2v) is 12.4. The maximum atomic E-state index is 11.5. The highest BCUT2D eigenvalue weighted by Crippen LogP contribution is 2.59. The predicted octanol–water partition coefficient (Wildman–Crippen LogP) is 10.2. The highest BCUT2D eigenvalue weighted by atomic mass is 16.6. The monoisotopic (exact) mass is 702 g/mol. The Morgan fingerprint density at radius 1 is 0.566 bits per heavy atom. The van der Waals surface area contributed by atoms with Gasteiger partial charge in [0.05, 0.1) is 5.41 Å². The summed E-state index contributed by atoms with van der Waals surface area (Å²) in [6.45, 7) is 11.6. The highest BCUT2D eigenvalue weighted by molar-refractivity contribution is 6.03. The van der Waals surface area contributed by atoms with Crippen LogP contribution in [0, 0.1) is 0 Å². The molecule has 0 N–H and O–H groups in total. The number of esters is 2. The minimum absolute atomic E-state index is 0.126. The Bertz CT molecular complexity index is 2210. The quantitative estimate of drug-likeness (QED) is 0.0546. The van der Waals surface area contributed by atoms with Gasteiger partial charge in [-0.15, -0.1) is 0 Å². The summed E-state index contributed by atoms with van der Waals surface area (Å²) in [5.74, 6) is 0.382. The molecule has 0 aromatic heterocycles. The van der Waals surface area contributed by atoms with Crippen LogP contribution in [0.3, 0.4) is 0 Å². The molecule has 1 aliphatic rings. The van der Waals surface area contributed by atoms with Crippen LogP contribution < -0.4 is 9.47 Å². The number of carbonyl (C=O) groups is 2. The lowest BCUT2D eigenvalue weighted by atomic mass is 9.66. The van der Waals surface area contributed by atoms with E-state index in [1.165, 1.54) is 33.0 Å². The minimum atomic E-state index is -0.689. The van der Waals surface area contributed by atoms with E-state index >= 15 is 0 Å². The molecule has 0 amide bonds. The molecule has 0 radical (unpaired) electrons. The molecule has 0 saturated heterocycles. The van der Waals surface area contributed by atoms with E-state index in [-0.39, 0.29) is 26.4 Å². The molecule has 0 bridgehead atoms. The van der Waals surface area contributed by atoms with Gasteiger partial charge in [0.1, 0.15) is 37.9 Å². The van der Waals surface area contributed by atoms with Crippen LogP contribution in [0.1, 0.15) is 36.1 Å². The van der Waals surface area contributed by atoms with Crippen LogP contribution in [0.15, 0.2) is 159 Å². The lowest BCUT2D eigenvalue weighted by Crippen LogP contribution is -2.29. The molecule has 0 heterocycles. The van der Waals surface area contributed by atoms with Crippen molar-refractivity contribution >= 4 is 33.5 Å². The summed E-state index contributed by atoms with van der Waals surface area (Å²) in [6.07, 6.45) is 6.27. The topological polar surface area (TPSA) is 71.1 Å². The fraction of sp³-hybridized carbons (Fsp3) is 0.149. The third kappa shape index (κ3) is 7.49. The molecule has 6 nitrogen and oxygen atoms in total. The molecular weight excluding hydrogens is 661 g/mol. The van der Waals surface area contributed by atoms with Crippen LogP contribution in [-0.2, 0) is 24.5 Å². The molecule has 6 heteroatoms. The first-order valence-electron chi connectivity index (χ1n) is 17.6. The molecule has 6 aromatic carbocycles. The molecule has 53 heavy (non-hydrogen) atoms. The molecular formula is C47H42O6. The fourth-order valence-electron chi connectivity index (χ4n) is 6.90. The number of carbonyl (C=O) groups excluding carboxylic acids is 2. The third-order valence-corrected chi connectivity index (χ3v) is 9.32. The van der Waals surface area contributed by atoms with Gasteiger partial charge in [-0.2, -0.15) is 0 Å². The Kier molecular flexibility index (Phi) is 11.5. The summed E-state index contributed by atoms with van der Waals surface area (Å²) in [5, 5.41) is 4.67. The molecule has 0 aliphatic heterocycles. The third-order valence-electron chi connectivity index (χ3n) is 9.32. The van der Waals surface area contributed by atoms with Crippen molar-refractivity contribution < 1.29 is 28.5 Å². The smallest absolute Gasteiger partial charge is 0.330 e. The van der Waals surface area contributed by atoms with Gasteiger partial charge in [-0.25, -0.2) is 9.59 Å². The predicted molar refractivity (Wildman–Crippen MR) is 213 cm³/mol. The van der Waals surface area contributed by atoms with Crippen LogP contribution >= 0.6 is 0 Å². The van der Waals surface area contributed by atoms with Crippen molar-refractivity contribution in [1.82, 2.24) is 0 Å². The Hall–Kier alpha value is -6.40. The van der Waals surface area contributed by atoms with E-state index in [1.807, 2.05) is 50.3 Å². The summed E-state index contributed by atoms with van der Waals surface area (Å²) in [7, 11) is 0. The summed E-state index contributed by atoms with van der Waals surface area (Å²) in [4.78, 5) is 22.9. The Labute approximate surface area is 310 Å². The zero-order valence-electron chi connectivity index (χ0n) is 30.0. The van der Waals surface area contributed by atoms with Crippen molar-refractivity contribution in [3.8, 4) is 22.6 Å². The first kappa shape index (κ1) is 36.4. The van der Waals surface area contributed by atoms with Gasteiger partial charge in [0.15, 0.2) is 0 Å². The van der Waals surface area contributed by atoms with Crippen molar-refractivity contribution in [3.63, 3.8) is 0 Å². The number of benzene rings is 6. The summed E-state index contributed by atoms with van der Waals surface area (Å²) in [6, 6.07) is 42.5. The van der Waals surface area contributed by atoms with Crippen LogP contribution in [0.4, 0.5) is 0 Å². The standard InChI is InChI=1S/C43H34O6.C4H8/c1-3-40(44)48-25-23-46-34-18-14-32(15-19-34)43(33-16-20-35(21-17-33)47-24-26-49-41(45)4-2)39-28-31-11-6-5-10-30(31)27-38(39)37-22-13-29-9-7-8-12-36(29)42(37)43;1-3-4-2/h3-22,27-28H,1-2,23-26H2;3-4H,1-2H3/b;4-3-. The van der Waals surface area contributed by atoms with Gasteiger partial charge in [0.2, 0.25) is 0 Å². The Balaban J connectivity index is 0.00000114. The summed E-state index contributed by atoms with van der Waals surface area (Å²) in [5.41, 5.74) is 6.25. The Morgan fingerprint density at radius 3 is 1.57 bits per heavy atom. The molecule has 0 spiro atoms. The lowest BCUT2D eigenvalue weighted by Gasteiger charge is -2.35. The van der Waals surface area contributed by atoms with Crippen molar-refractivity contribution in [1.29, 1.82) is 0 Å². The van der Waals surface area contributed by atoms with E-state index in [9.17, 15) is 9.59 Å². The average Bonchev–Trinajstić information content (AvgIpc) is 3.50. The molecule has 7 rings (SSSR count). The van der Waals surface area contributed by atoms with Gasteiger partial charge in [0, 0.05) is 12.2 Å². The van der Waals surface area contributed by atoms with Gasteiger partial charge in [-0.1, -0.05) is 110 Å². The zero-order valence-corrected chi connectivity index (χ0v) is 30.0. The molecule has 1 aliphatic carbocycles. The molecule has 0 atom stereocenters. The van der Waals surface area contributed by atoms with Crippen LogP contribution in [0.2, 0.25) is 0 Å². The largest absolute Gasteiger partial charge is 0.490 e. The van der Waals surface area contributed by atoms with E-state index < -0.39 is 17.4 Å². The molecule has 0 fully saturated rings. The molecule has 0 unspecified atom stereocenters. The number of ether oxygens (including phenoxy) is 4. The number of rotatable bonds is 12.